The topological polar surface area (TPSA) is 47.6 Å². The van der Waals surface area contributed by atoms with E-state index >= 15 is 0 Å². The van der Waals surface area contributed by atoms with E-state index in [1.54, 1.807) is 19.9 Å². The van der Waals surface area contributed by atoms with Crippen LogP contribution >= 0.6 is 0 Å². The fraction of sp³-hybridized carbons (Fsp3) is 0.562. The molecule has 1 aromatic rings. The predicted molar refractivity (Wildman–Crippen MR) is 79.8 cm³/mol. The highest BCUT2D eigenvalue weighted by atomic mass is 19.1. The maximum atomic E-state index is 13.4. The van der Waals surface area contributed by atoms with Gasteiger partial charge in [0.2, 0.25) is 0 Å². The van der Waals surface area contributed by atoms with Gasteiger partial charge in [0.05, 0.1) is 6.10 Å². The summed E-state index contributed by atoms with van der Waals surface area (Å²) in [4.78, 5) is 11.5. The zero-order chi connectivity index (χ0) is 15.8. The molecule has 1 atom stereocenters. The van der Waals surface area contributed by atoms with E-state index in [2.05, 4.69) is 12.2 Å². The van der Waals surface area contributed by atoms with E-state index in [0.29, 0.717) is 5.75 Å². The number of carbonyl (C=O) groups excluding carboxylic acids is 1. The molecule has 4 nitrogen and oxygen atoms in total. The van der Waals surface area contributed by atoms with Crippen LogP contribution in [0.1, 0.15) is 45.7 Å². The standard InChI is InChI=1S/C16H24FNO3/c1-5-8-18-12(4)14-7-6-13(17)9-15(14)20-10-16(19)21-11(2)3/h6-7,9,11-12,18H,5,8,10H2,1-4H3. The van der Waals surface area contributed by atoms with E-state index in [1.165, 1.54) is 12.1 Å². The van der Waals surface area contributed by atoms with Crippen LogP contribution in [0.5, 0.6) is 5.75 Å². The van der Waals surface area contributed by atoms with E-state index in [0.717, 1.165) is 18.5 Å². The fourth-order valence-electron chi connectivity index (χ4n) is 1.90. The van der Waals surface area contributed by atoms with Gasteiger partial charge < -0.3 is 14.8 Å². The van der Waals surface area contributed by atoms with Gasteiger partial charge in [-0.2, -0.15) is 0 Å². The first kappa shape index (κ1) is 17.4. The molecule has 0 aliphatic rings. The van der Waals surface area contributed by atoms with E-state index in [1.807, 2.05) is 6.92 Å². The lowest BCUT2D eigenvalue weighted by atomic mass is 10.1. The Bertz CT molecular complexity index is 463. The Hall–Kier alpha value is -1.62. The van der Waals surface area contributed by atoms with Crippen molar-refractivity contribution in [2.75, 3.05) is 13.2 Å². The molecule has 0 bridgehead atoms. The molecule has 0 aliphatic carbocycles. The number of nitrogens with one attached hydrogen (secondary N) is 1. The highest BCUT2D eigenvalue weighted by molar-refractivity contribution is 5.71. The van der Waals surface area contributed by atoms with Gasteiger partial charge in [0.15, 0.2) is 6.61 Å². The van der Waals surface area contributed by atoms with Crippen molar-refractivity contribution in [3.8, 4) is 5.75 Å². The summed E-state index contributed by atoms with van der Waals surface area (Å²) in [7, 11) is 0. The van der Waals surface area contributed by atoms with Gasteiger partial charge in [-0.15, -0.1) is 0 Å². The number of rotatable bonds is 8. The molecule has 21 heavy (non-hydrogen) atoms. The zero-order valence-corrected chi connectivity index (χ0v) is 13.1. The summed E-state index contributed by atoms with van der Waals surface area (Å²) in [5.74, 6) is -0.491. The van der Waals surface area contributed by atoms with Gasteiger partial charge in [-0.25, -0.2) is 9.18 Å². The van der Waals surface area contributed by atoms with Crippen molar-refractivity contribution in [1.29, 1.82) is 0 Å². The minimum absolute atomic E-state index is 0.0154. The Morgan fingerprint density at radius 2 is 2.05 bits per heavy atom. The molecule has 0 radical (unpaired) electrons. The van der Waals surface area contributed by atoms with E-state index < -0.39 is 11.8 Å². The first-order chi connectivity index (χ1) is 9.93. The van der Waals surface area contributed by atoms with Crippen LogP contribution in [0.4, 0.5) is 4.39 Å². The number of esters is 1. The number of ether oxygens (including phenoxy) is 2. The summed E-state index contributed by atoms with van der Waals surface area (Å²) >= 11 is 0. The van der Waals surface area contributed by atoms with E-state index in [9.17, 15) is 9.18 Å². The van der Waals surface area contributed by atoms with Gasteiger partial charge in [0.25, 0.3) is 0 Å². The summed E-state index contributed by atoms with van der Waals surface area (Å²) in [6.45, 7) is 8.21. The molecule has 5 heteroatoms. The molecule has 1 aromatic carbocycles. The van der Waals surface area contributed by atoms with Crippen LogP contribution in [0.3, 0.4) is 0 Å². The lowest BCUT2D eigenvalue weighted by molar-refractivity contribution is -0.149. The maximum Gasteiger partial charge on any atom is 0.344 e. The lowest BCUT2D eigenvalue weighted by Crippen LogP contribution is -2.22. The van der Waals surface area contributed by atoms with Crippen LogP contribution in [0.15, 0.2) is 18.2 Å². The average Bonchev–Trinajstić information content (AvgIpc) is 2.42. The Morgan fingerprint density at radius 1 is 1.33 bits per heavy atom. The summed E-state index contributed by atoms with van der Waals surface area (Å²) in [5.41, 5.74) is 0.821. The number of hydrogen-bond acceptors (Lipinski definition) is 4. The third kappa shape index (κ3) is 6.12. The van der Waals surface area contributed by atoms with Crippen molar-refractivity contribution in [1.82, 2.24) is 5.32 Å². The Kier molecular flexibility index (Phi) is 7.15. The van der Waals surface area contributed by atoms with Crippen molar-refractivity contribution in [3.63, 3.8) is 0 Å². The van der Waals surface area contributed by atoms with Crippen molar-refractivity contribution in [3.05, 3.63) is 29.6 Å². The summed E-state index contributed by atoms with van der Waals surface area (Å²) in [6, 6.07) is 4.37. The maximum absolute atomic E-state index is 13.4. The van der Waals surface area contributed by atoms with Crippen molar-refractivity contribution in [2.45, 2.75) is 46.3 Å². The van der Waals surface area contributed by atoms with Crippen LogP contribution in [0, 0.1) is 5.82 Å². The highest BCUT2D eigenvalue weighted by Crippen LogP contribution is 2.26. The number of halogens is 1. The Balaban J connectivity index is 2.75. The van der Waals surface area contributed by atoms with E-state index in [4.69, 9.17) is 9.47 Å². The molecule has 0 aromatic heterocycles. The number of benzene rings is 1. The van der Waals surface area contributed by atoms with Crippen molar-refractivity contribution >= 4 is 5.97 Å². The minimum atomic E-state index is -0.464. The Morgan fingerprint density at radius 3 is 2.67 bits per heavy atom. The largest absolute Gasteiger partial charge is 0.481 e. The molecule has 1 unspecified atom stereocenters. The first-order valence-electron chi connectivity index (χ1n) is 7.29. The zero-order valence-electron chi connectivity index (χ0n) is 13.1. The van der Waals surface area contributed by atoms with Crippen LogP contribution in [-0.2, 0) is 9.53 Å². The molecule has 0 saturated carbocycles. The fourth-order valence-corrected chi connectivity index (χ4v) is 1.90. The van der Waals surface area contributed by atoms with Gasteiger partial charge in [-0.1, -0.05) is 13.0 Å². The van der Waals surface area contributed by atoms with Gasteiger partial charge in [-0.3, -0.25) is 0 Å². The quantitative estimate of drug-likeness (QED) is 0.748. The molecule has 1 N–H and O–H groups in total. The summed E-state index contributed by atoms with van der Waals surface area (Å²) in [5, 5.41) is 3.31. The van der Waals surface area contributed by atoms with Crippen LogP contribution in [0.25, 0.3) is 0 Å². The second-order valence-corrected chi connectivity index (χ2v) is 5.19. The SMILES string of the molecule is CCCNC(C)c1ccc(F)cc1OCC(=O)OC(C)C. The lowest BCUT2D eigenvalue weighted by Gasteiger charge is -2.18. The van der Waals surface area contributed by atoms with Gasteiger partial charge in [0.1, 0.15) is 11.6 Å². The second kappa shape index (κ2) is 8.62. The molecule has 0 spiro atoms. The molecule has 0 fully saturated rings. The van der Waals surface area contributed by atoms with Crippen molar-refractivity contribution in [2.24, 2.45) is 0 Å². The molecule has 0 heterocycles. The van der Waals surface area contributed by atoms with Crippen molar-refractivity contribution < 1.29 is 18.7 Å². The molecular weight excluding hydrogens is 273 g/mol. The first-order valence-corrected chi connectivity index (χ1v) is 7.29. The molecule has 118 valence electrons. The monoisotopic (exact) mass is 297 g/mol. The van der Waals surface area contributed by atoms with E-state index in [-0.39, 0.29) is 18.8 Å². The Labute approximate surface area is 125 Å². The molecule has 0 saturated heterocycles. The third-order valence-corrected chi connectivity index (χ3v) is 2.86. The summed E-state index contributed by atoms with van der Waals surface area (Å²) in [6.07, 6.45) is 0.806. The molecule has 0 aliphatic heterocycles. The predicted octanol–water partition coefficient (Wildman–Crippen LogP) is 3.22. The van der Waals surface area contributed by atoms with Crippen LogP contribution < -0.4 is 10.1 Å². The smallest absolute Gasteiger partial charge is 0.344 e. The molecule has 0 amide bonds. The minimum Gasteiger partial charge on any atom is -0.481 e. The van der Waals surface area contributed by atoms with Crippen LogP contribution in [-0.4, -0.2) is 25.2 Å². The second-order valence-electron chi connectivity index (χ2n) is 5.19. The normalized spacial score (nSPS) is 12.3. The highest BCUT2D eigenvalue weighted by Gasteiger charge is 2.14. The molecule has 1 rings (SSSR count). The average molecular weight is 297 g/mol. The van der Waals surface area contributed by atoms with Crippen LogP contribution in [0.2, 0.25) is 0 Å². The number of carbonyl (C=O) groups is 1. The number of hydrogen-bond donors (Lipinski definition) is 1. The third-order valence-electron chi connectivity index (χ3n) is 2.86. The van der Waals surface area contributed by atoms with Gasteiger partial charge in [0, 0.05) is 17.7 Å². The van der Waals surface area contributed by atoms with Gasteiger partial charge >= 0.3 is 5.97 Å². The summed E-state index contributed by atoms with van der Waals surface area (Å²) < 4.78 is 23.8. The molecular formula is C16H24FNO3. The van der Waals surface area contributed by atoms with Gasteiger partial charge in [-0.05, 0) is 39.8 Å².